The maximum atomic E-state index is 12.5. The van der Waals surface area contributed by atoms with Crippen molar-refractivity contribution in [1.82, 2.24) is 9.62 Å². The van der Waals surface area contributed by atoms with Gasteiger partial charge in [0.1, 0.15) is 0 Å². The van der Waals surface area contributed by atoms with E-state index in [4.69, 9.17) is 0 Å². The number of hydrogen-bond donors (Lipinski definition) is 1. The molecule has 3 rings (SSSR count). The minimum absolute atomic E-state index is 0.506. The molecule has 1 aromatic rings. The van der Waals surface area contributed by atoms with Crippen LogP contribution in [0.25, 0.3) is 0 Å². The lowest BCUT2D eigenvalue weighted by Crippen LogP contribution is -2.48. The van der Waals surface area contributed by atoms with Gasteiger partial charge in [-0.3, -0.25) is 0 Å². The molecule has 2 heterocycles. The summed E-state index contributed by atoms with van der Waals surface area (Å²) in [6, 6.07) is 6.46. The van der Waals surface area contributed by atoms with Crippen LogP contribution in [0, 0.1) is 0 Å². The van der Waals surface area contributed by atoms with Crippen molar-refractivity contribution in [3.8, 4) is 0 Å². The molecule has 0 aromatic heterocycles. The Labute approximate surface area is 114 Å². The van der Waals surface area contributed by atoms with E-state index in [0.717, 1.165) is 30.1 Å². The van der Waals surface area contributed by atoms with Crippen LogP contribution >= 0.6 is 11.9 Å². The van der Waals surface area contributed by atoms with Crippen molar-refractivity contribution in [2.45, 2.75) is 36.0 Å². The molecule has 2 bridgehead atoms. The monoisotopic (exact) mass is 288 g/mol. The third-order valence-corrected chi connectivity index (χ3v) is 5.00. The van der Waals surface area contributed by atoms with E-state index in [2.05, 4.69) is 9.62 Å². The fraction of sp³-hybridized carbons (Fsp3) is 0.538. The molecule has 2 unspecified atom stereocenters. The Kier molecular flexibility index (Phi) is 3.49. The van der Waals surface area contributed by atoms with Crippen LogP contribution in [-0.2, 0) is 6.18 Å². The molecule has 6 heteroatoms. The van der Waals surface area contributed by atoms with Crippen molar-refractivity contribution in [2.75, 3.05) is 13.1 Å². The average Bonchev–Trinajstić information content (AvgIpc) is 2.61. The average molecular weight is 288 g/mol. The van der Waals surface area contributed by atoms with Gasteiger partial charge in [0, 0.05) is 30.1 Å². The predicted octanol–water partition coefficient (Wildman–Crippen LogP) is 3.15. The van der Waals surface area contributed by atoms with Gasteiger partial charge in [-0.25, -0.2) is 4.31 Å². The number of piperazine rings is 1. The summed E-state index contributed by atoms with van der Waals surface area (Å²) in [7, 11) is 0. The Balaban J connectivity index is 1.70. The van der Waals surface area contributed by atoms with Crippen LogP contribution in [0.3, 0.4) is 0 Å². The first kappa shape index (κ1) is 13.3. The van der Waals surface area contributed by atoms with Gasteiger partial charge in [0.15, 0.2) is 0 Å². The zero-order chi connectivity index (χ0) is 13.5. The summed E-state index contributed by atoms with van der Waals surface area (Å²) in [5, 5.41) is 3.39. The standard InChI is InChI=1S/C13H15F3N2S/c14-13(15,16)9-1-5-12(6-2-9)19-18-10-3-4-11(18)8-17-7-10/h1-2,5-6,10-11,17H,3-4,7-8H2. The first-order valence-corrected chi connectivity index (χ1v) is 7.15. The second-order valence-electron chi connectivity index (χ2n) is 5.02. The minimum atomic E-state index is -4.25. The van der Waals surface area contributed by atoms with E-state index in [-0.39, 0.29) is 0 Å². The van der Waals surface area contributed by atoms with Crippen molar-refractivity contribution in [2.24, 2.45) is 0 Å². The third-order valence-electron chi connectivity index (χ3n) is 3.71. The van der Waals surface area contributed by atoms with E-state index in [1.807, 2.05) is 0 Å². The molecule has 1 N–H and O–H groups in total. The summed E-state index contributed by atoms with van der Waals surface area (Å²) in [4.78, 5) is 0.881. The normalized spacial score (nSPS) is 27.7. The molecule has 104 valence electrons. The Morgan fingerprint density at radius 1 is 1.05 bits per heavy atom. The number of fused-ring (bicyclic) bond motifs is 2. The first-order chi connectivity index (χ1) is 9.04. The minimum Gasteiger partial charge on any atom is -0.314 e. The number of halogens is 3. The number of nitrogens with one attached hydrogen (secondary N) is 1. The van der Waals surface area contributed by atoms with Crippen molar-refractivity contribution >= 4 is 11.9 Å². The fourth-order valence-corrected chi connectivity index (χ4v) is 3.87. The van der Waals surface area contributed by atoms with Crippen molar-refractivity contribution in [3.05, 3.63) is 29.8 Å². The van der Waals surface area contributed by atoms with E-state index < -0.39 is 11.7 Å². The summed E-state index contributed by atoms with van der Waals surface area (Å²) in [5.74, 6) is 0. The summed E-state index contributed by atoms with van der Waals surface area (Å²) in [5.41, 5.74) is -0.583. The summed E-state index contributed by atoms with van der Waals surface area (Å²) < 4.78 is 39.8. The fourth-order valence-electron chi connectivity index (χ4n) is 2.71. The van der Waals surface area contributed by atoms with E-state index in [1.54, 1.807) is 24.1 Å². The molecule has 2 atom stereocenters. The van der Waals surface area contributed by atoms with Crippen LogP contribution < -0.4 is 5.32 Å². The lowest BCUT2D eigenvalue weighted by Gasteiger charge is -2.33. The highest BCUT2D eigenvalue weighted by Gasteiger charge is 2.37. The molecule has 2 aliphatic rings. The van der Waals surface area contributed by atoms with Gasteiger partial charge in [0.25, 0.3) is 0 Å². The van der Waals surface area contributed by atoms with Crippen LogP contribution in [0.1, 0.15) is 18.4 Å². The molecule has 0 saturated carbocycles. The van der Waals surface area contributed by atoms with Crippen LogP contribution in [0.2, 0.25) is 0 Å². The van der Waals surface area contributed by atoms with Crippen molar-refractivity contribution in [3.63, 3.8) is 0 Å². The molecule has 0 aliphatic carbocycles. The number of alkyl halides is 3. The van der Waals surface area contributed by atoms with Gasteiger partial charge >= 0.3 is 6.18 Å². The van der Waals surface area contributed by atoms with Gasteiger partial charge in [-0.05, 0) is 49.1 Å². The number of rotatable bonds is 2. The molecule has 2 aliphatic heterocycles. The van der Waals surface area contributed by atoms with Crippen LogP contribution in [0.4, 0.5) is 13.2 Å². The molecule has 1 aromatic carbocycles. The van der Waals surface area contributed by atoms with E-state index in [1.165, 1.54) is 12.8 Å². The van der Waals surface area contributed by atoms with Crippen molar-refractivity contribution in [1.29, 1.82) is 0 Å². The van der Waals surface area contributed by atoms with Crippen LogP contribution in [0.5, 0.6) is 0 Å². The first-order valence-electron chi connectivity index (χ1n) is 6.38. The molecule has 19 heavy (non-hydrogen) atoms. The summed E-state index contributed by atoms with van der Waals surface area (Å²) in [6.07, 6.45) is -1.91. The Bertz CT molecular complexity index is 430. The van der Waals surface area contributed by atoms with E-state index in [9.17, 15) is 13.2 Å². The Hall–Kier alpha value is -0.720. The lowest BCUT2D eigenvalue weighted by atomic mass is 10.2. The second kappa shape index (κ2) is 5.00. The van der Waals surface area contributed by atoms with Crippen molar-refractivity contribution < 1.29 is 13.2 Å². The zero-order valence-corrected chi connectivity index (χ0v) is 11.1. The van der Waals surface area contributed by atoms with Gasteiger partial charge in [-0.2, -0.15) is 13.2 Å². The molecule has 0 spiro atoms. The smallest absolute Gasteiger partial charge is 0.314 e. The maximum absolute atomic E-state index is 12.5. The second-order valence-corrected chi connectivity index (χ2v) is 6.09. The zero-order valence-electron chi connectivity index (χ0n) is 10.3. The molecule has 0 radical (unpaired) electrons. The lowest BCUT2D eigenvalue weighted by molar-refractivity contribution is -0.137. The number of hydrogen-bond acceptors (Lipinski definition) is 3. The highest BCUT2D eigenvalue weighted by atomic mass is 32.2. The van der Waals surface area contributed by atoms with Crippen LogP contribution in [-0.4, -0.2) is 29.5 Å². The van der Waals surface area contributed by atoms with Gasteiger partial charge in [0.05, 0.1) is 5.56 Å². The Morgan fingerprint density at radius 2 is 1.63 bits per heavy atom. The van der Waals surface area contributed by atoms with Gasteiger partial charge in [0.2, 0.25) is 0 Å². The summed E-state index contributed by atoms with van der Waals surface area (Å²) in [6.45, 7) is 1.95. The highest BCUT2D eigenvalue weighted by Crippen LogP contribution is 2.37. The largest absolute Gasteiger partial charge is 0.416 e. The van der Waals surface area contributed by atoms with Gasteiger partial charge < -0.3 is 5.32 Å². The number of benzene rings is 1. The van der Waals surface area contributed by atoms with Gasteiger partial charge in [-0.15, -0.1) is 0 Å². The molecule has 2 nitrogen and oxygen atoms in total. The maximum Gasteiger partial charge on any atom is 0.416 e. The predicted molar refractivity (Wildman–Crippen MR) is 68.8 cm³/mol. The molecule has 2 saturated heterocycles. The number of nitrogens with zero attached hydrogens (tertiary/aromatic N) is 1. The van der Waals surface area contributed by atoms with Gasteiger partial charge in [-0.1, -0.05) is 0 Å². The molecule has 2 fully saturated rings. The highest BCUT2D eigenvalue weighted by molar-refractivity contribution is 7.97. The summed E-state index contributed by atoms with van der Waals surface area (Å²) >= 11 is 1.59. The van der Waals surface area contributed by atoms with E-state index >= 15 is 0 Å². The topological polar surface area (TPSA) is 15.3 Å². The van der Waals surface area contributed by atoms with E-state index in [0.29, 0.717) is 12.1 Å². The SMILES string of the molecule is FC(F)(F)c1ccc(SN2C3CCC2CNC3)cc1. The van der Waals surface area contributed by atoms with Crippen LogP contribution in [0.15, 0.2) is 29.2 Å². The quantitative estimate of drug-likeness (QED) is 0.842. The third kappa shape index (κ3) is 2.75. The molecule has 0 amide bonds. The Morgan fingerprint density at radius 3 is 2.16 bits per heavy atom. The molecular weight excluding hydrogens is 273 g/mol. The molecular formula is C13H15F3N2S.